The number of ether oxygens (including phenoxy) is 1. The van der Waals surface area contributed by atoms with Gasteiger partial charge in [0.15, 0.2) is 0 Å². The molecule has 0 bridgehead atoms. The number of likely N-dealkylation sites (tertiary alicyclic amines) is 1. The maximum atomic E-state index is 13.0. The molecule has 4 rings (SSSR count). The molecule has 2 saturated heterocycles. The summed E-state index contributed by atoms with van der Waals surface area (Å²) in [6.07, 6.45) is -1.84. The van der Waals surface area contributed by atoms with E-state index in [0.717, 1.165) is 44.7 Å². The number of hydrogen-bond acceptors (Lipinski definition) is 5. The van der Waals surface area contributed by atoms with Gasteiger partial charge in [-0.3, -0.25) is 4.57 Å². The number of aromatic nitrogens is 2. The lowest BCUT2D eigenvalue weighted by Crippen LogP contribution is -2.45. The Morgan fingerprint density at radius 3 is 2.37 bits per heavy atom. The van der Waals surface area contributed by atoms with Gasteiger partial charge in [0.1, 0.15) is 5.52 Å². The third-order valence-corrected chi connectivity index (χ3v) is 5.97. The van der Waals surface area contributed by atoms with Gasteiger partial charge in [0, 0.05) is 38.4 Å². The number of carbonyl (C=O) groups is 1. The molecule has 0 saturated carbocycles. The Hall–Kier alpha value is -2.33. The van der Waals surface area contributed by atoms with Crippen molar-refractivity contribution >= 4 is 17.0 Å². The van der Waals surface area contributed by atoms with Gasteiger partial charge in [-0.2, -0.15) is 13.2 Å². The van der Waals surface area contributed by atoms with E-state index in [1.807, 2.05) is 6.92 Å². The molecule has 30 heavy (non-hydrogen) atoms. The number of carbonyl (C=O) groups excluding carboxylic acids is 1. The van der Waals surface area contributed by atoms with Gasteiger partial charge in [-0.05, 0) is 50.3 Å². The molecule has 0 atom stereocenters. The first-order valence-corrected chi connectivity index (χ1v) is 10.1. The van der Waals surface area contributed by atoms with Crippen LogP contribution in [0.4, 0.5) is 13.2 Å². The highest BCUT2D eigenvalue weighted by molar-refractivity contribution is 5.80. The molecule has 0 unspecified atom stereocenters. The standard InChI is InChI=1S/C20H24F3N3O4/c1-13-2-3-16-17(12-13)25(19(28)26(16)30-18(27)20(21,22)23)15-4-8-24(9-5-15)14-6-10-29-11-7-14/h2-3,12,14-15H,4-11H2,1H3. The second-order valence-electron chi connectivity index (χ2n) is 7.93. The number of nitrogens with zero attached hydrogens (tertiary/aromatic N) is 3. The van der Waals surface area contributed by atoms with Crippen LogP contribution in [0.1, 0.15) is 37.3 Å². The van der Waals surface area contributed by atoms with Crippen LogP contribution in [-0.2, 0) is 9.53 Å². The number of benzene rings is 1. The third kappa shape index (κ3) is 3.98. The second kappa shape index (κ2) is 8.07. The van der Waals surface area contributed by atoms with Crippen LogP contribution in [0.5, 0.6) is 0 Å². The largest absolute Gasteiger partial charge is 0.493 e. The van der Waals surface area contributed by atoms with Crippen molar-refractivity contribution in [2.45, 2.75) is 50.9 Å². The first-order valence-electron chi connectivity index (χ1n) is 10.1. The Morgan fingerprint density at radius 2 is 1.73 bits per heavy atom. The van der Waals surface area contributed by atoms with E-state index in [-0.39, 0.29) is 11.6 Å². The lowest BCUT2D eigenvalue weighted by Gasteiger charge is -2.39. The molecule has 10 heteroatoms. The van der Waals surface area contributed by atoms with Crippen LogP contribution in [-0.4, -0.2) is 58.7 Å². The van der Waals surface area contributed by atoms with Crippen LogP contribution in [0.15, 0.2) is 23.0 Å². The van der Waals surface area contributed by atoms with Crippen LogP contribution < -0.4 is 10.5 Å². The number of halogens is 3. The van der Waals surface area contributed by atoms with E-state index in [1.54, 1.807) is 12.1 Å². The SMILES string of the molecule is Cc1ccc2c(c1)n(C1CCN(C3CCOCC3)CC1)c(=O)n2OC(=O)C(F)(F)F. The predicted octanol–water partition coefficient (Wildman–Crippen LogP) is 2.44. The van der Waals surface area contributed by atoms with Crippen molar-refractivity contribution in [2.75, 3.05) is 26.3 Å². The molecular weight excluding hydrogens is 403 g/mol. The van der Waals surface area contributed by atoms with Gasteiger partial charge >= 0.3 is 17.8 Å². The lowest BCUT2D eigenvalue weighted by atomic mass is 9.99. The number of fused-ring (bicyclic) bond motifs is 1. The summed E-state index contributed by atoms with van der Waals surface area (Å²) in [5.41, 5.74) is 0.711. The average molecular weight is 427 g/mol. The molecule has 2 aliphatic rings. The number of imidazole rings is 1. The summed E-state index contributed by atoms with van der Waals surface area (Å²) in [6.45, 7) is 4.93. The summed E-state index contributed by atoms with van der Waals surface area (Å²) in [7, 11) is 0. The Bertz CT molecular complexity index is 984. The quantitative estimate of drug-likeness (QED) is 0.753. The van der Waals surface area contributed by atoms with Crippen LogP contribution in [0.25, 0.3) is 11.0 Å². The maximum Gasteiger partial charge on any atom is 0.493 e. The highest BCUT2D eigenvalue weighted by Gasteiger charge is 2.43. The molecule has 1 aromatic carbocycles. The van der Waals surface area contributed by atoms with E-state index in [2.05, 4.69) is 9.74 Å². The monoisotopic (exact) mass is 427 g/mol. The van der Waals surface area contributed by atoms with Gasteiger partial charge in [-0.25, -0.2) is 9.59 Å². The van der Waals surface area contributed by atoms with Crippen LogP contribution >= 0.6 is 0 Å². The first-order chi connectivity index (χ1) is 14.3. The van der Waals surface area contributed by atoms with Crippen molar-refractivity contribution in [2.24, 2.45) is 0 Å². The fourth-order valence-corrected chi connectivity index (χ4v) is 4.44. The van der Waals surface area contributed by atoms with Crippen LogP contribution in [0.2, 0.25) is 0 Å². The summed E-state index contributed by atoms with van der Waals surface area (Å²) < 4.78 is 45.5. The van der Waals surface area contributed by atoms with E-state index in [4.69, 9.17) is 4.74 Å². The molecule has 0 radical (unpaired) electrons. The normalized spacial score (nSPS) is 20.0. The Balaban J connectivity index is 1.62. The summed E-state index contributed by atoms with van der Waals surface area (Å²) in [4.78, 5) is 31.2. The average Bonchev–Trinajstić information content (AvgIpc) is 2.99. The fraction of sp³-hybridized carbons (Fsp3) is 0.600. The topological polar surface area (TPSA) is 65.7 Å². The van der Waals surface area contributed by atoms with Crippen LogP contribution in [0, 0.1) is 6.92 Å². The molecule has 164 valence electrons. The highest BCUT2D eigenvalue weighted by Crippen LogP contribution is 2.29. The summed E-state index contributed by atoms with van der Waals surface area (Å²) in [5.74, 6) is -2.42. The fourth-order valence-electron chi connectivity index (χ4n) is 4.44. The van der Waals surface area contributed by atoms with Crippen LogP contribution in [0.3, 0.4) is 0 Å². The van der Waals surface area contributed by atoms with E-state index in [9.17, 15) is 22.8 Å². The zero-order chi connectivity index (χ0) is 21.5. The highest BCUT2D eigenvalue weighted by atomic mass is 19.4. The summed E-state index contributed by atoms with van der Waals surface area (Å²) in [6, 6.07) is 5.19. The van der Waals surface area contributed by atoms with E-state index < -0.39 is 17.8 Å². The van der Waals surface area contributed by atoms with Crippen molar-refractivity contribution < 1.29 is 27.5 Å². The minimum Gasteiger partial charge on any atom is -0.381 e. The van der Waals surface area contributed by atoms with Gasteiger partial charge in [0.2, 0.25) is 0 Å². The zero-order valence-corrected chi connectivity index (χ0v) is 16.7. The second-order valence-corrected chi connectivity index (χ2v) is 7.93. The number of piperidine rings is 1. The Labute approximate surface area is 170 Å². The molecule has 2 fully saturated rings. The first kappa shape index (κ1) is 20.9. The molecule has 0 aliphatic carbocycles. The minimum absolute atomic E-state index is 0.148. The third-order valence-electron chi connectivity index (χ3n) is 5.97. The molecule has 0 amide bonds. The van der Waals surface area contributed by atoms with Gasteiger partial charge in [-0.15, -0.1) is 4.73 Å². The van der Waals surface area contributed by atoms with Crippen molar-refractivity contribution in [3.05, 3.63) is 34.2 Å². The predicted molar refractivity (Wildman–Crippen MR) is 102 cm³/mol. The molecule has 0 N–H and O–H groups in total. The van der Waals surface area contributed by atoms with Crippen molar-refractivity contribution in [1.29, 1.82) is 0 Å². The van der Waals surface area contributed by atoms with E-state index in [1.165, 1.54) is 10.6 Å². The molecule has 7 nitrogen and oxygen atoms in total. The molecule has 1 aromatic heterocycles. The molecule has 0 spiro atoms. The molecule has 3 heterocycles. The van der Waals surface area contributed by atoms with Crippen molar-refractivity contribution in [3.8, 4) is 0 Å². The smallest absolute Gasteiger partial charge is 0.381 e. The summed E-state index contributed by atoms with van der Waals surface area (Å²) >= 11 is 0. The molecule has 2 aromatic rings. The van der Waals surface area contributed by atoms with Gasteiger partial charge in [0.25, 0.3) is 0 Å². The van der Waals surface area contributed by atoms with Gasteiger partial charge in [0.05, 0.1) is 5.52 Å². The van der Waals surface area contributed by atoms with Crippen molar-refractivity contribution in [3.63, 3.8) is 0 Å². The molecular formula is C20H24F3N3O4. The van der Waals surface area contributed by atoms with Gasteiger partial charge in [-0.1, -0.05) is 6.07 Å². The van der Waals surface area contributed by atoms with Crippen molar-refractivity contribution in [1.82, 2.24) is 14.2 Å². The van der Waals surface area contributed by atoms with Gasteiger partial charge < -0.3 is 14.5 Å². The van der Waals surface area contributed by atoms with E-state index >= 15 is 0 Å². The summed E-state index contributed by atoms with van der Waals surface area (Å²) in [5, 5.41) is 0. The minimum atomic E-state index is -5.19. The lowest BCUT2D eigenvalue weighted by molar-refractivity contribution is -0.199. The molecule has 2 aliphatic heterocycles. The number of alkyl halides is 3. The Morgan fingerprint density at radius 1 is 1.07 bits per heavy atom. The number of rotatable bonds is 3. The van der Waals surface area contributed by atoms with E-state index in [0.29, 0.717) is 29.1 Å². The Kier molecular flexibility index (Phi) is 5.63. The number of hydrogen-bond donors (Lipinski definition) is 0. The maximum absolute atomic E-state index is 13.0. The zero-order valence-electron chi connectivity index (χ0n) is 16.7. The number of aryl methyl sites for hydroxylation is 1.